The van der Waals surface area contributed by atoms with Gasteiger partial charge in [-0.15, -0.1) is 0 Å². The molecule has 0 aromatic heterocycles. The second kappa shape index (κ2) is 6.91. The van der Waals surface area contributed by atoms with E-state index in [1.54, 1.807) is 7.11 Å². The van der Waals surface area contributed by atoms with Crippen molar-refractivity contribution in [2.75, 3.05) is 13.7 Å². The van der Waals surface area contributed by atoms with Gasteiger partial charge in [-0.25, -0.2) is 0 Å². The first-order chi connectivity index (χ1) is 8.15. The lowest BCUT2D eigenvalue weighted by atomic mass is 10.1. The zero-order valence-corrected chi connectivity index (χ0v) is 10.3. The molecule has 1 amide bonds. The van der Waals surface area contributed by atoms with Gasteiger partial charge in [0.15, 0.2) is 0 Å². The molecule has 1 atom stereocenters. The molecule has 0 bridgehead atoms. The van der Waals surface area contributed by atoms with Crippen LogP contribution in [-0.4, -0.2) is 30.8 Å². The molecular formula is C13H19NO3. The van der Waals surface area contributed by atoms with Crippen molar-refractivity contribution < 1.29 is 14.6 Å². The third kappa shape index (κ3) is 4.87. The van der Waals surface area contributed by atoms with Gasteiger partial charge in [0, 0.05) is 12.6 Å². The van der Waals surface area contributed by atoms with Gasteiger partial charge in [-0.05, 0) is 31.0 Å². The van der Waals surface area contributed by atoms with Crippen LogP contribution < -0.4 is 10.1 Å². The second-order valence-corrected chi connectivity index (χ2v) is 4.01. The predicted molar refractivity (Wildman–Crippen MR) is 66.0 cm³/mol. The summed E-state index contributed by atoms with van der Waals surface area (Å²) < 4.78 is 5.04. The average molecular weight is 237 g/mol. The number of aliphatic hydroxyl groups excluding tert-OH is 1. The number of benzene rings is 1. The lowest BCUT2D eigenvalue weighted by molar-refractivity contribution is -0.121. The topological polar surface area (TPSA) is 58.6 Å². The minimum Gasteiger partial charge on any atom is -0.497 e. The van der Waals surface area contributed by atoms with Crippen molar-refractivity contribution in [1.82, 2.24) is 5.32 Å². The molecule has 1 rings (SSSR count). The van der Waals surface area contributed by atoms with E-state index in [1.807, 2.05) is 31.2 Å². The first-order valence-electron chi connectivity index (χ1n) is 5.69. The first kappa shape index (κ1) is 13.5. The highest BCUT2D eigenvalue weighted by Gasteiger charge is 2.07. The van der Waals surface area contributed by atoms with Crippen molar-refractivity contribution in [3.8, 4) is 5.75 Å². The second-order valence-electron chi connectivity index (χ2n) is 4.01. The molecular weight excluding hydrogens is 218 g/mol. The van der Waals surface area contributed by atoms with Gasteiger partial charge in [-0.1, -0.05) is 12.1 Å². The van der Waals surface area contributed by atoms with Crippen LogP contribution in [0.1, 0.15) is 18.9 Å². The summed E-state index contributed by atoms with van der Waals surface area (Å²) in [6.07, 6.45) is 0.925. The fraction of sp³-hybridized carbons (Fsp3) is 0.462. The molecule has 1 aromatic rings. The molecule has 0 heterocycles. The zero-order chi connectivity index (χ0) is 12.7. The third-order valence-electron chi connectivity index (χ3n) is 2.49. The molecule has 4 heteroatoms. The molecule has 17 heavy (non-hydrogen) atoms. The Labute approximate surface area is 102 Å². The lowest BCUT2D eigenvalue weighted by Crippen LogP contribution is -2.34. The van der Waals surface area contributed by atoms with E-state index in [9.17, 15) is 4.79 Å². The molecule has 94 valence electrons. The number of methoxy groups -OCH3 is 1. The summed E-state index contributed by atoms with van der Waals surface area (Å²) >= 11 is 0. The molecule has 1 unspecified atom stereocenters. The van der Waals surface area contributed by atoms with Gasteiger partial charge in [0.05, 0.1) is 13.5 Å². The maximum atomic E-state index is 11.6. The van der Waals surface area contributed by atoms with Crippen LogP contribution in [0.15, 0.2) is 24.3 Å². The molecule has 0 aliphatic rings. The van der Waals surface area contributed by atoms with Crippen molar-refractivity contribution in [2.45, 2.75) is 25.8 Å². The van der Waals surface area contributed by atoms with Crippen LogP contribution in [0, 0.1) is 0 Å². The Morgan fingerprint density at radius 3 is 2.59 bits per heavy atom. The van der Waals surface area contributed by atoms with Gasteiger partial charge in [-0.3, -0.25) is 4.79 Å². The summed E-state index contributed by atoms with van der Waals surface area (Å²) in [7, 11) is 1.61. The van der Waals surface area contributed by atoms with Gasteiger partial charge in [0.1, 0.15) is 5.75 Å². The van der Waals surface area contributed by atoms with Crippen LogP contribution >= 0.6 is 0 Å². The number of nitrogens with one attached hydrogen (secondary N) is 1. The van der Waals surface area contributed by atoms with E-state index < -0.39 is 0 Å². The minimum absolute atomic E-state index is 0.00532. The lowest BCUT2D eigenvalue weighted by Gasteiger charge is -2.12. The average Bonchev–Trinajstić information content (AvgIpc) is 2.30. The largest absolute Gasteiger partial charge is 0.497 e. The molecule has 4 nitrogen and oxygen atoms in total. The van der Waals surface area contributed by atoms with E-state index in [0.29, 0.717) is 12.8 Å². The number of carbonyl (C=O) groups excluding carboxylic acids is 1. The van der Waals surface area contributed by atoms with Crippen LogP contribution in [0.25, 0.3) is 0 Å². The molecule has 0 saturated carbocycles. The minimum atomic E-state index is -0.0314. The van der Waals surface area contributed by atoms with Crippen LogP contribution in [-0.2, 0) is 11.2 Å². The zero-order valence-electron chi connectivity index (χ0n) is 10.3. The number of carbonyl (C=O) groups is 1. The van der Waals surface area contributed by atoms with Crippen LogP contribution in [0.5, 0.6) is 5.75 Å². The monoisotopic (exact) mass is 237 g/mol. The maximum absolute atomic E-state index is 11.6. The van der Waals surface area contributed by atoms with Gasteiger partial charge >= 0.3 is 0 Å². The van der Waals surface area contributed by atoms with Crippen molar-refractivity contribution in [2.24, 2.45) is 0 Å². The van der Waals surface area contributed by atoms with Gasteiger partial charge in [0.2, 0.25) is 5.91 Å². The molecule has 0 saturated heterocycles. The smallest absolute Gasteiger partial charge is 0.224 e. The SMILES string of the molecule is COc1ccc(CC(=O)NC(C)CCO)cc1. The first-order valence-corrected chi connectivity index (χ1v) is 5.69. The number of amides is 1. The summed E-state index contributed by atoms with van der Waals surface area (Å²) in [6.45, 7) is 1.96. The molecule has 2 N–H and O–H groups in total. The van der Waals surface area contributed by atoms with E-state index in [4.69, 9.17) is 9.84 Å². The quantitative estimate of drug-likeness (QED) is 0.779. The summed E-state index contributed by atoms with van der Waals surface area (Å²) in [5, 5.41) is 11.6. The van der Waals surface area contributed by atoms with Gasteiger partial charge in [0.25, 0.3) is 0 Å². The van der Waals surface area contributed by atoms with Crippen LogP contribution in [0.2, 0.25) is 0 Å². The number of aliphatic hydroxyl groups is 1. The highest BCUT2D eigenvalue weighted by molar-refractivity contribution is 5.78. The van der Waals surface area contributed by atoms with Gasteiger partial charge < -0.3 is 15.2 Å². The number of hydrogen-bond donors (Lipinski definition) is 2. The summed E-state index contributed by atoms with van der Waals surface area (Å²) in [5.74, 6) is 0.749. The highest BCUT2D eigenvalue weighted by Crippen LogP contribution is 2.11. The summed E-state index contributed by atoms with van der Waals surface area (Å²) in [5.41, 5.74) is 0.944. The number of ether oxygens (including phenoxy) is 1. The highest BCUT2D eigenvalue weighted by atomic mass is 16.5. The van der Waals surface area contributed by atoms with E-state index in [2.05, 4.69) is 5.32 Å². The van der Waals surface area contributed by atoms with Crippen molar-refractivity contribution in [3.05, 3.63) is 29.8 Å². The Morgan fingerprint density at radius 1 is 1.41 bits per heavy atom. The molecule has 0 fully saturated rings. The Balaban J connectivity index is 2.44. The molecule has 0 aliphatic carbocycles. The molecule has 0 aliphatic heterocycles. The van der Waals surface area contributed by atoms with E-state index in [1.165, 1.54) is 0 Å². The Hall–Kier alpha value is -1.55. The Morgan fingerprint density at radius 2 is 2.06 bits per heavy atom. The molecule has 0 radical (unpaired) electrons. The number of hydrogen-bond acceptors (Lipinski definition) is 3. The van der Waals surface area contributed by atoms with E-state index in [0.717, 1.165) is 11.3 Å². The van der Waals surface area contributed by atoms with Crippen molar-refractivity contribution in [3.63, 3.8) is 0 Å². The number of rotatable bonds is 6. The third-order valence-corrected chi connectivity index (χ3v) is 2.49. The van der Waals surface area contributed by atoms with Crippen molar-refractivity contribution >= 4 is 5.91 Å². The normalized spacial score (nSPS) is 11.9. The van der Waals surface area contributed by atoms with Crippen LogP contribution in [0.4, 0.5) is 0 Å². The fourth-order valence-corrected chi connectivity index (χ4v) is 1.52. The van der Waals surface area contributed by atoms with Gasteiger partial charge in [-0.2, -0.15) is 0 Å². The van der Waals surface area contributed by atoms with Crippen molar-refractivity contribution in [1.29, 1.82) is 0 Å². The standard InChI is InChI=1S/C13H19NO3/c1-10(7-8-15)14-13(16)9-11-3-5-12(17-2)6-4-11/h3-6,10,15H,7-9H2,1-2H3,(H,14,16). The van der Waals surface area contributed by atoms with E-state index >= 15 is 0 Å². The summed E-state index contributed by atoms with van der Waals surface area (Å²) in [6, 6.07) is 7.41. The predicted octanol–water partition coefficient (Wildman–Crippen LogP) is 1.12. The maximum Gasteiger partial charge on any atom is 0.224 e. The summed E-state index contributed by atoms with van der Waals surface area (Å²) in [4.78, 5) is 11.6. The Bertz CT molecular complexity index is 348. The fourth-order valence-electron chi connectivity index (χ4n) is 1.52. The molecule has 1 aromatic carbocycles. The van der Waals surface area contributed by atoms with Crippen LogP contribution in [0.3, 0.4) is 0 Å². The van der Waals surface area contributed by atoms with E-state index in [-0.39, 0.29) is 18.6 Å². The Kier molecular flexibility index (Phi) is 5.49. The molecule has 0 spiro atoms.